The second-order valence-corrected chi connectivity index (χ2v) is 5.91. The Balaban J connectivity index is 2.13. The maximum atomic E-state index is 12.9. The van der Waals surface area contributed by atoms with E-state index in [2.05, 4.69) is 0 Å². The predicted octanol–water partition coefficient (Wildman–Crippen LogP) is 5.12. The topological polar surface area (TPSA) is 35.2 Å². The van der Waals surface area contributed by atoms with E-state index in [0.29, 0.717) is 17.7 Å². The van der Waals surface area contributed by atoms with E-state index in [1.54, 1.807) is 0 Å². The average Bonchev–Trinajstić information content (AvgIpc) is 2.58. The number of hydrogen-bond donors (Lipinski definition) is 1. The predicted molar refractivity (Wildman–Crippen MR) is 84.3 cm³/mol. The van der Waals surface area contributed by atoms with Crippen LogP contribution in [0.4, 0.5) is 30.7 Å². The Labute approximate surface area is 150 Å². The zero-order valence-electron chi connectivity index (χ0n) is 13.9. The quantitative estimate of drug-likeness (QED) is 0.689. The molecule has 0 aromatic heterocycles. The van der Waals surface area contributed by atoms with E-state index >= 15 is 0 Å². The molecule has 0 saturated carbocycles. The second-order valence-electron chi connectivity index (χ2n) is 5.91. The molecule has 0 aliphatic carbocycles. The maximum absolute atomic E-state index is 12.9. The van der Waals surface area contributed by atoms with Crippen molar-refractivity contribution >= 4 is 0 Å². The number of hydrogen-bond acceptors (Lipinski definition) is 2. The van der Waals surface area contributed by atoms with E-state index in [1.165, 1.54) is 24.3 Å². The minimum Gasteiger partial charge on any atom is -0.376 e. The molecule has 27 heavy (non-hydrogen) atoms. The van der Waals surface area contributed by atoms with Crippen molar-refractivity contribution in [3.05, 3.63) is 70.5 Å². The fourth-order valence-electron chi connectivity index (χ4n) is 2.46. The third-order valence-corrected chi connectivity index (χ3v) is 3.86. The first-order valence-electron chi connectivity index (χ1n) is 7.82. The summed E-state index contributed by atoms with van der Waals surface area (Å²) < 4.78 is 95.3. The zero-order chi connectivity index (χ0) is 20.2. The van der Waals surface area contributed by atoms with Gasteiger partial charge in [-0.2, -0.15) is 26.3 Å². The van der Waals surface area contributed by atoms with Gasteiger partial charge in [-0.15, -0.1) is 0 Å². The molecule has 9 heteroatoms. The lowest BCUT2D eigenvalue weighted by molar-refractivity contribution is -0.143. The molecule has 0 bridgehead atoms. The summed E-state index contributed by atoms with van der Waals surface area (Å²) in [6.45, 7) is -0.382. The third kappa shape index (κ3) is 5.93. The smallest absolute Gasteiger partial charge is 0.376 e. The van der Waals surface area contributed by atoms with Crippen molar-refractivity contribution in [2.75, 3.05) is 13.2 Å². The standard InChI is InChI=1S/C18H16F7NO/c19-16-3-1-12(2-4-16)13(8-26)10-27-9-11-5-14(17(20,21)22)7-15(6-11)18(23,24)25/h1-7,13H,8-10,26H2. The maximum Gasteiger partial charge on any atom is 0.416 e. The van der Waals surface area contributed by atoms with Gasteiger partial charge in [-0.3, -0.25) is 0 Å². The molecule has 1 unspecified atom stereocenters. The molecule has 2 rings (SSSR count). The minimum atomic E-state index is -4.91. The number of benzene rings is 2. The number of nitrogens with two attached hydrogens (primary N) is 1. The molecule has 2 nitrogen and oxygen atoms in total. The number of alkyl halides is 6. The van der Waals surface area contributed by atoms with Gasteiger partial charge in [0, 0.05) is 12.5 Å². The number of ether oxygens (including phenoxy) is 1. The van der Waals surface area contributed by atoms with E-state index in [0.717, 1.165) is 0 Å². The van der Waals surface area contributed by atoms with Crippen LogP contribution < -0.4 is 5.73 Å². The molecule has 0 amide bonds. The van der Waals surface area contributed by atoms with Crippen molar-refractivity contribution in [1.29, 1.82) is 0 Å². The summed E-state index contributed by atoms with van der Waals surface area (Å²) in [5.41, 5.74) is 3.21. The molecule has 0 spiro atoms. The molecule has 1 atom stereocenters. The first kappa shape index (κ1) is 21.2. The molecular weight excluding hydrogens is 379 g/mol. The molecule has 2 aromatic carbocycles. The van der Waals surface area contributed by atoms with Crippen molar-refractivity contribution in [2.45, 2.75) is 24.9 Å². The zero-order valence-corrected chi connectivity index (χ0v) is 13.9. The summed E-state index contributed by atoms with van der Waals surface area (Å²) in [6.07, 6.45) is -9.83. The molecule has 2 N–H and O–H groups in total. The van der Waals surface area contributed by atoms with Crippen molar-refractivity contribution < 1.29 is 35.5 Å². The summed E-state index contributed by atoms with van der Waals surface area (Å²) in [4.78, 5) is 0. The third-order valence-electron chi connectivity index (χ3n) is 3.86. The van der Waals surface area contributed by atoms with Crippen LogP contribution in [0.5, 0.6) is 0 Å². The molecule has 0 aliphatic rings. The highest BCUT2D eigenvalue weighted by Crippen LogP contribution is 2.36. The van der Waals surface area contributed by atoms with Crippen LogP contribution in [-0.2, 0) is 23.7 Å². The molecule has 0 heterocycles. The van der Waals surface area contributed by atoms with Gasteiger partial charge in [-0.1, -0.05) is 12.1 Å². The Kier molecular flexibility index (Phi) is 6.48. The Hall–Kier alpha value is -2.13. The van der Waals surface area contributed by atoms with E-state index in [1.807, 2.05) is 0 Å². The van der Waals surface area contributed by atoms with Crippen molar-refractivity contribution in [1.82, 2.24) is 0 Å². The van der Waals surface area contributed by atoms with E-state index in [4.69, 9.17) is 10.5 Å². The van der Waals surface area contributed by atoms with Gasteiger partial charge in [0.05, 0.1) is 24.3 Å². The summed E-state index contributed by atoms with van der Waals surface area (Å²) in [5.74, 6) is -0.822. The SMILES string of the molecule is NCC(COCc1cc(C(F)(F)F)cc(C(F)(F)F)c1)c1ccc(F)cc1. The highest BCUT2D eigenvalue weighted by atomic mass is 19.4. The second kappa shape index (κ2) is 8.26. The molecule has 0 aliphatic heterocycles. The van der Waals surface area contributed by atoms with E-state index < -0.39 is 35.9 Å². The summed E-state index contributed by atoms with van der Waals surface area (Å²) in [5, 5.41) is 0. The molecule has 2 aromatic rings. The molecule has 0 radical (unpaired) electrons. The largest absolute Gasteiger partial charge is 0.416 e. The summed E-state index contributed by atoms with van der Waals surface area (Å²) in [7, 11) is 0. The van der Waals surface area contributed by atoms with Crippen molar-refractivity contribution in [2.24, 2.45) is 5.73 Å². The lowest BCUT2D eigenvalue weighted by Crippen LogP contribution is -2.18. The van der Waals surface area contributed by atoms with Gasteiger partial charge in [0.1, 0.15) is 5.82 Å². The molecular formula is C18H16F7NO. The van der Waals surface area contributed by atoms with Gasteiger partial charge < -0.3 is 10.5 Å². The van der Waals surface area contributed by atoms with Crippen LogP contribution in [0.1, 0.15) is 28.2 Å². The van der Waals surface area contributed by atoms with E-state index in [9.17, 15) is 30.7 Å². The number of halogens is 7. The van der Waals surface area contributed by atoms with Crippen LogP contribution in [0.15, 0.2) is 42.5 Å². The van der Waals surface area contributed by atoms with Gasteiger partial charge in [-0.05, 0) is 41.5 Å². The molecule has 0 fully saturated rings. The van der Waals surface area contributed by atoms with Crippen LogP contribution in [-0.4, -0.2) is 13.2 Å². The molecule has 148 valence electrons. The van der Waals surface area contributed by atoms with Crippen LogP contribution in [0, 0.1) is 5.82 Å². The normalized spacial score (nSPS) is 13.6. The Bertz CT molecular complexity index is 722. The summed E-state index contributed by atoms with van der Waals surface area (Å²) in [6, 6.07) is 6.71. The van der Waals surface area contributed by atoms with Gasteiger partial charge in [0.25, 0.3) is 0 Å². The summed E-state index contributed by atoms with van der Waals surface area (Å²) >= 11 is 0. The lowest BCUT2D eigenvalue weighted by Gasteiger charge is -2.17. The number of rotatable bonds is 6. The van der Waals surface area contributed by atoms with Crippen LogP contribution in [0.2, 0.25) is 0 Å². The van der Waals surface area contributed by atoms with E-state index in [-0.39, 0.29) is 30.7 Å². The van der Waals surface area contributed by atoms with Crippen LogP contribution in [0.25, 0.3) is 0 Å². The monoisotopic (exact) mass is 395 g/mol. The van der Waals surface area contributed by atoms with Crippen molar-refractivity contribution in [3.63, 3.8) is 0 Å². The Morgan fingerprint density at radius 1 is 0.852 bits per heavy atom. The first-order chi connectivity index (χ1) is 12.5. The Morgan fingerprint density at radius 3 is 1.81 bits per heavy atom. The van der Waals surface area contributed by atoms with Crippen LogP contribution >= 0.6 is 0 Å². The van der Waals surface area contributed by atoms with Gasteiger partial charge in [-0.25, -0.2) is 4.39 Å². The van der Waals surface area contributed by atoms with Crippen LogP contribution in [0.3, 0.4) is 0 Å². The first-order valence-corrected chi connectivity index (χ1v) is 7.82. The minimum absolute atomic E-state index is 0.0419. The van der Waals surface area contributed by atoms with Crippen molar-refractivity contribution in [3.8, 4) is 0 Å². The fourth-order valence-corrected chi connectivity index (χ4v) is 2.46. The molecule has 0 saturated heterocycles. The van der Waals surface area contributed by atoms with Gasteiger partial charge in [0.15, 0.2) is 0 Å². The Morgan fingerprint density at radius 2 is 1.37 bits per heavy atom. The average molecular weight is 395 g/mol. The fraction of sp³-hybridized carbons (Fsp3) is 0.333. The highest BCUT2D eigenvalue weighted by molar-refractivity contribution is 5.33. The van der Waals surface area contributed by atoms with Gasteiger partial charge >= 0.3 is 12.4 Å². The lowest BCUT2D eigenvalue weighted by atomic mass is 10.0. The highest BCUT2D eigenvalue weighted by Gasteiger charge is 2.36. The van der Waals surface area contributed by atoms with Gasteiger partial charge in [0.2, 0.25) is 0 Å².